The van der Waals surface area contributed by atoms with Gasteiger partial charge in [-0.25, -0.2) is 0 Å². The van der Waals surface area contributed by atoms with Gasteiger partial charge in [-0.3, -0.25) is 9.80 Å². The summed E-state index contributed by atoms with van der Waals surface area (Å²) in [5.74, 6) is 0. The summed E-state index contributed by atoms with van der Waals surface area (Å²) in [4.78, 5) is 5.11. The maximum atomic E-state index is 5.93. The third kappa shape index (κ3) is 3.94. The number of nitrogens with two attached hydrogens (primary N) is 1. The third-order valence-corrected chi connectivity index (χ3v) is 4.81. The van der Waals surface area contributed by atoms with Crippen molar-refractivity contribution in [3.8, 4) is 0 Å². The Kier molecular flexibility index (Phi) is 5.25. The zero-order chi connectivity index (χ0) is 13.8. The maximum absolute atomic E-state index is 5.93. The standard InChI is InChI=1S/C15H24BrN3/c1-3-12(2)19-8-6-18(7-9-19)11-13-4-5-14(16)15(17)10-13/h4-5,10,12H,3,6-9,11,17H2,1-2H3. The quantitative estimate of drug-likeness (QED) is 0.864. The summed E-state index contributed by atoms with van der Waals surface area (Å²) < 4.78 is 0.984. The zero-order valence-electron chi connectivity index (χ0n) is 11.9. The molecule has 3 nitrogen and oxygen atoms in total. The fourth-order valence-electron chi connectivity index (χ4n) is 2.57. The van der Waals surface area contributed by atoms with Crippen LogP contribution in [0.15, 0.2) is 22.7 Å². The van der Waals surface area contributed by atoms with Gasteiger partial charge < -0.3 is 5.73 Å². The molecule has 1 saturated heterocycles. The van der Waals surface area contributed by atoms with E-state index in [9.17, 15) is 0 Å². The molecule has 0 aromatic heterocycles. The van der Waals surface area contributed by atoms with Crippen molar-refractivity contribution in [1.82, 2.24) is 9.80 Å². The molecule has 1 unspecified atom stereocenters. The minimum atomic E-state index is 0.713. The number of hydrogen-bond donors (Lipinski definition) is 1. The minimum absolute atomic E-state index is 0.713. The van der Waals surface area contributed by atoms with Crippen LogP contribution < -0.4 is 5.73 Å². The molecular formula is C15H24BrN3. The van der Waals surface area contributed by atoms with Gasteiger partial charge in [-0.1, -0.05) is 13.0 Å². The Bertz CT molecular complexity index is 414. The van der Waals surface area contributed by atoms with E-state index in [2.05, 4.69) is 51.7 Å². The van der Waals surface area contributed by atoms with Gasteiger partial charge in [-0.15, -0.1) is 0 Å². The van der Waals surface area contributed by atoms with Gasteiger partial charge in [0.1, 0.15) is 0 Å². The van der Waals surface area contributed by atoms with Crippen molar-refractivity contribution in [2.24, 2.45) is 0 Å². The fourth-order valence-corrected chi connectivity index (χ4v) is 2.82. The molecule has 1 aliphatic rings. The zero-order valence-corrected chi connectivity index (χ0v) is 13.5. The van der Waals surface area contributed by atoms with E-state index in [1.165, 1.54) is 25.1 Å². The van der Waals surface area contributed by atoms with E-state index in [-0.39, 0.29) is 0 Å². The van der Waals surface area contributed by atoms with Crippen molar-refractivity contribution in [3.05, 3.63) is 28.2 Å². The smallest absolute Gasteiger partial charge is 0.0461 e. The molecule has 0 amide bonds. The molecule has 1 atom stereocenters. The van der Waals surface area contributed by atoms with Gasteiger partial charge in [0, 0.05) is 48.9 Å². The first-order valence-corrected chi connectivity index (χ1v) is 7.89. The van der Waals surface area contributed by atoms with Gasteiger partial charge in [0.25, 0.3) is 0 Å². The number of anilines is 1. The molecule has 1 fully saturated rings. The number of rotatable bonds is 4. The highest BCUT2D eigenvalue weighted by Crippen LogP contribution is 2.21. The molecule has 0 bridgehead atoms. The Morgan fingerprint density at radius 1 is 1.26 bits per heavy atom. The summed E-state index contributed by atoms with van der Waals surface area (Å²) in [7, 11) is 0. The number of benzene rings is 1. The van der Waals surface area contributed by atoms with Crippen LogP contribution in [0.5, 0.6) is 0 Å². The Balaban J connectivity index is 1.87. The summed E-state index contributed by atoms with van der Waals surface area (Å²) >= 11 is 3.44. The lowest BCUT2D eigenvalue weighted by molar-refractivity contribution is 0.0964. The van der Waals surface area contributed by atoms with E-state index < -0.39 is 0 Å². The Morgan fingerprint density at radius 3 is 2.53 bits per heavy atom. The molecule has 106 valence electrons. The first-order valence-electron chi connectivity index (χ1n) is 7.10. The van der Waals surface area contributed by atoms with Crippen LogP contribution in [0.25, 0.3) is 0 Å². The number of hydrogen-bond acceptors (Lipinski definition) is 3. The van der Waals surface area contributed by atoms with E-state index >= 15 is 0 Å². The maximum Gasteiger partial charge on any atom is 0.0461 e. The van der Waals surface area contributed by atoms with Crippen molar-refractivity contribution in [2.45, 2.75) is 32.9 Å². The third-order valence-electron chi connectivity index (χ3n) is 4.09. The van der Waals surface area contributed by atoms with Crippen LogP contribution in [-0.4, -0.2) is 42.0 Å². The molecule has 0 aliphatic carbocycles. The molecule has 19 heavy (non-hydrogen) atoms. The van der Waals surface area contributed by atoms with Crippen LogP contribution in [0.1, 0.15) is 25.8 Å². The van der Waals surface area contributed by atoms with Crippen LogP contribution in [0.3, 0.4) is 0 Å². The van der Waals surface area contributed by atoms with Gasteiger partial charge in [-0.2, -0.15) is 0 Å². The molecular weight excluding hydrogens is 302 g/mol. The number of nitrogen functional groups attached to an aromatic ring is 1. The van der Waals surface area contributed by atoms with Crippen LogP contribution >= 0.6 is 15.9 Å². The van der Waals surface area contributed by atoms with Crippen LogP contribution in [0.2, 0.25) is 0 Å². The highest BCUT2D eigenvalue weighted by Gasteiger charge is 2.19. The second-order valence-corrected chi connectivity index (χ2v) is 6.28. The highest BCUT2D eigenvalue weighted by molar-refractivity contribution is 9.10. The van der Waals surface area contributed by atoms with E-state index in [1.54, 1.807) is 0 Å². The van der Waals surface area contributed by atoms with Crippen LogP contribution in [0.4, 0.5) is 5.69 Å². The van der Waals surface area contributed by atoms with E-state index in [0.29, 0.717) is 6.04 Å². The molecule has 2 rings (SSSR count). The molecule has 4 heteroatoms. The minimum Gasteiger partial charge on any atom is -0.398 e. The van der Waals surface area contributed by atoms with Crippen molar-refractivity contribution < 1.29 is 0 Å². The van der Waals surface area contributed by atoms with E-state index in [1.807, 2.05) is 6.07 Å². The van der Waals surface area contributed by atoms with Crippen molar-refractivity contribution in [2.75, 3.05) is 31.9 Å². The van der Waals surface area contributed by atoms with Gasteiger partial charge in [-0.05, 0) is 47.0 Å². The van der Waals surface area contributed by atoms with Crippen molar-refractivity contribution in [3.63, 3.8) is 0 Å². The van der Waals surface area contributed by atoms with Gasteiger partial charge in [0.15, 0.2) is 0 Å². The van der Waals surface area contributed by atoms with E-state index in [0.717, 1.165) is 29.8 Å². The van der Waals surface area contributed by atoms with Gasteiger partial charge >= 0.3 is 0 Å². The summed E-state index contributed by atoms with van der Waals surface area (Å²) in [5.41, 5.74) is 8.06. The number of nitrogens with zero attached hydrogens (tertiary/aromatic N) is 2. The van der Waals surface area contributed by atoms with Crippen LogP contribution in [0, 0.1) is 0 Å². The van der Waals surface area contributed by atoms with Gasteiger partial charge in [0.05, 0.1) is 0 Å². The Hall–Kier alpha value is -0.580. The fraction of sp³-hybridized carbons (Fsp3) is 0.600. The molecule has 1 heterocycles. The average molecular weight is 326 g/mol. The topological polar surface area (TPSA) is 32.5 Å². The monoisotopic (exact) mass is 325 g/mol. The molecule has 0 radical (unpaired) electrons. The van der Waals surface area contributed by atoms with Crippen molar-refractivity contribution in [1.29, 1.82) is 0 Å². The predicted octanol–water partition coefficient (Wildman–Crippen LogP) is 2.95. The summed E-state index contributed by atoms with van der Waals surface area (Å²) in [6, 6.07) is 6.98. The second kappa shape index (κ2) is 6.73. The normalized spacial score (nSPS) is 19.5. The summed E-state index contributed by atoms with van der Waals surface area (Å²) in [6.07, 6.45) is 1.24. The second-order valence-electron chi connectivity index (χ2n) is 5.43. The lowest BCUT2D eigenvalue weighted by Crippen LogP contribution is -2.48. The molecule has 2 N–H and O–H groups in total. The predicted molar refractivity (Wildman–Crippen MR) is 85.2 cm³/mol. The number of halogens is 1. The van der Waals surface area contributed by atoms with Crippen LogP contribution in [-0.2, 0) is 6.54 Å². The first kappa shape index (κ1) is 14.8. The molecule has 1 aromatic carbocycles. The molecule has 1 aliphatic heterocycles. The highest BCUT2D eigenvalue weighted by atomic mass is 79.9. The summed E-state index contributed by atoms with van der Waals surface area (Å²) in [5, 5.41) is 0. The Morgan fingerprint density at radius 2 is 1.95 bits per heavy atom. The lowest BCUT2D eigenvalue weighted by Gasteiger charge is -2.37. The summed E-state index contributed by atoms with van der Waals surface area (Å²) in [6.45, 7) is 10.3. The SMILES string of the molecule is CCC(C)N1CCN(Cc2ccc(Br)c(N)c2)CC1. The largest absolute Gasteiger partial charge is 0.398 e. The van der Waals surface area contributed by atoms with Crippen molar-refractivity contribution >= 4 is 21.6 Å². The lowest BCUT2D eigenvalue weighted by atomic mass is 10.1. The molecule has 0 saturated carbocycles. The van der Waals surface area contributed by atoms with E-state index in [4.69, 9.17) is 5.73 Å². The van der Waals surface area contributed by atoms with Gasteiger partial charge in [0.2, 0.25) is 0 Å². The Labute approximate surface area is 124 Å². The first-order chi connectivity index (χ1) is 9.10. The molecule has 0 spiro atoms. The molecule has 1 aromatic rings. The number of piperazine rings is 1. The average Bonchev–Trinajstić information content (AvgIpc) is 2.43.